The standard InChI is InChI=1S/C20H18F3N3O/c21-20(22,23)15-9-7-13(8-10-15)12-14-4-1-2-5-16(14)18-25-26-19(27-18)17-6-3-11-24-17/h1-2,4-5,7-10,17,24H,3,6,11-12H2. The van der Waals surface area contributed by atoms with Crippen LogP contribution >= 0.6 is 0 Å². The van der Waals surface area contributed by atoms with Crippen LogP contribution < -0.4 is 5.32 Å². The predicted octanol–water partition coefficient (Wildman–Crippen LogP) is 4.77. The Labute approximate surface area is 154 Å². The Morgan fingerprint density at radius 2 is 1.81 bits per heavy atom. The van der Waals surface area contributed by atoms with Gasteiger partial charge >= 0.3 is 6.18 Å². The summed E-state index contributed by atoms with van der Waals surface area (Å²) in [5.74, 6) is 1.01. The molecule has 140 valence electrons. The predicted molar refractivity (Wildman–Crippen MR) is 94.0 cm³/mol. The average molecular weight is 373 g/mol. The monoisotopic (exact) mass is 373 g/mol. The average Bonchev–Trinajstić information content (AvgIpc) is 3.34. The Bertz CT molecular complexity index is 913. The van der Waals surface area contributed by atoms with Crippen LogP contribution in [-0.2, 0) is 12.6 Å². The van der Waals surface area contributed by atoms with Crippen LogP contribution in [0.2, 0.25) is 0 Å². The van der Waals surface area contributed by atoms with E-state index in [1.165, 1.54) is 12.1 Å². The van der Waals surface area contributed by atoms with E-state index < -0.39 is 11.7 Å². The van der Waals surface area contributed by atoms with Gasteiger partial charge < -0.3 is 9.73 Å². The molecule has 1 saturated heterocycles. The van der Waals surface area contributed by atoms with Gasteiger partial charge in [0.1, 0.15) is 0 Å². The van der Waals surface area contributed by atoms with E-state index in [0.29, 0.717) is 18.2 Å². The minimum atomic E-state index is -4.33. The first-order chi connectivity index (χ1) is 13.0. The molecule has 2 heterocycles. The van der Waals surface area contributed by atoms with Crippen molar-refractivity contribution in [1.29, 1.82) is 0 Å². The molecule has 1 fully saturated rings. The van der Waals surface area contributed by atoms with Gasteiger partial charge in [0.2, 0.25) is 11.8 Å². The fraction of sp³-hybridized carbons (Fsp3) is 0.300. The normalized spacial score (nSPS) is 17.4. The smallest absolute Gasteiger partial charge is 0.416 e. The van der Waals surface area contributed by atoms with Crippen LogP contribution in [0, 0.1) is 0 Å². The van der Waals surface area contributed by atoms with Gasteiger partial charge in [-0.2, -0.15) is 13.2 Å². The van der Waals surface area contributed by atoms with Gasteiger partial charge in [0.25, 0.3) is 0 Å². The SMILES string of the molecule is FC(F)(F)c1ccc(Cc2ccccc2-c2nnc(C3CCCN3)o2)cc1. The summed E-state index contributed by atoms with van der Waals surface area (Å²) in [5, 5.41) is 11.7. The van der Waals surface area contributed by atoms with Crippen molar-refractivity contribution in [2.75, 3.05) is 6.54 Å². The van der Waals surface area contributed by atoms with Gasteiger partial charge in [-0.1, -0.05) is 30.3 Å². The molecule has 2 aromatic carbocycles. The summed E-state index contributed by atoms with van der Waals surface area (Å²) in [6.45, 7) is 0.937. The molecule has 27 heavy (non-hydrogen) atoms. The number of nitrogens with zero attached hydrogens (tertiary/aromatic N) is 2. The van der Waals surface area contributed by atoms with Gasteiger partial charge in [0.05, 0.1) is 11.6 Å². The van der Waals surface area contributed by atoms with Crippen molar-refractivity contribution in [2.24, 2.45) is 0 Å². The lowest BCUT2D eigenvalue weighted by Crippen LogP contribution is -2.12. The molecule has 7 heteroatoms. The Morgan fingerprint density at radius 1 is 1.04 bits per heavy atom. The highest BCUT2D eigenvalue weighted by Gasteiger charge is 2.30. The molecule has 1 aromatic heterocycles. The number of halogens is 3. The first-order valence-electron chi connectivity index (χ1n) is 8.82. The van der Waals surface area contributed by atoms with Gasteiger partial charge in [-0.15, -0.1) is 10.2 Å². The number of nitrogens with one attached hydrogen (secondary N) is 1. The summed E-state index contributed by atoms with van der Waals surface area (Å²) in [6, 6.07) is 12.9. The maximum Gasteiger partial charge on any atom is 0.416 e. The third kappa shape index (κ3) is 3.88. The van der Waals surface area contributed by atoms with Crippen LogP contribution in [0.5, 0.6) is 0 Å². The minimum Gasteiger partial charge on any atom is -0.419 e. The number of rotatable bonds is 4. The van der Waals surface area contributed by atoms with Crippen molar-refractivity contribution in [1.82, 2.24) is 15.5 Å². The highest BCUT2D eigenvalue weighted by molar-refractivity contribution is 5.59. The Hall–Kier alpha value is -2.67. The van der Waals surface area contributed by atoms with E-state index in [1.54, 1.807) is 0 Å². The van der Waals surface area contributed by atoms with Crippen LogP contribution in [0.1, 0.15) is 41.5 Å². The number of hydrogen-bond donors (Lipinski definition) is 1. The molecule has 0 aliphatic carbocycles. The van der Waals surface area contributed by atoms with Gasteiger partial charge in [-0.25, -0.2) is 0 Å². The zero-order chi connectivity index (χ0) is 18.9. The largest absolute Gasteiger partial charge is 0.419 e. The van der Waals surface area contributed by atoms with Crippen LogP contribution in [-0.4, -0.2) is 16.7 Å². The zero-order valence-corrected chi connectivity index (χ0v) is 14.5. The molecule has 0 amide bonds. The summed E-state index contributed by atoms with van der Waals surface area (Å²) in [5.41, 5.74) is 1.86. The third-order valence-electron chi connectivity index (χ3n) is 4.72. The molecular weight excluding hydrogens is 355 g/mol. The second-order valence-electron chi connectivity index (χ2n) is 6.62. The number of benzene rings is 2. The highest BCUT2D eigenvalue weighted by atomic mass is 19.4. The molecule has 0 saturated carbocycles. The fourth-order valence-corrected chi connectivity index (χ4v) is 3.29. The lowest BCUT2D eigenvalue weighted by atomic mass is 9.99. The van der Waals surface area contributed by atoms with Crippen molar-refractivity contribution in [3.05, 3.63) is 71.1 Å². The van der Waals surface area contributed by atoms with Gasteiger partial charge in [-0.05, 0) is 55.1 Å². The second kappa shape index (κ2) is 7.15. The molecule has 0 spiro atoms. The number of alkyl halides is 3. The van der Waals surface area contributed by atoms with E-state index >= 15 is 0 Å². The topological polar surface area (TPSA) is 51.0 Å². The van der Waals surface area contributed by atoms with Crippen LogP contribution in [0.25, 0.3) is 11.5 Å². The van der Waals surface area contributed by atoms with Crippen molar-refractivity contribution in [3.63, 3.8) is 0 Å². The molecule has 1 atom stereocenters. The second-order valence-corrected chi connectivity index (χ2v) is 6.62. The Morgan fingerprint density at radius 3 is 2.52 bits per heavy atom. The summed E-state index contributed by atoms with van der Waals surface area (Å²) in [6.07, 6.45) is -1.81. The molecule has 1 N–H and O–H groups in total. The summed E-state index contributed by atoms with van der Waals surface area (Å²) >= 11 is 0. The van der Waals surface area contributed by atoms with Crippen molar-refractivity contribution in [2.45, 2.75) is 31.5 Å². The van der Waals surface area contributed by atoms with Crippen LogP contribution in [0.15, 0.2) is 52.9 Å². The zero-order valence-electron chi connectivity index (χ0n) is 14.5. The fourth-order valence-electron chi connectivity index (χ4n) is 3.29. The lowest BCUT2D eigenvalue weighted by molar-refractivity contribution is -0.137. The van der Waals surface area contributed by atoms with E-state index in [-0.39, 0.29) is 6.04 Å². The van der Waals surface area contributed by atoms with Crippen LogP contribution in [0.3, 0.4) is 0 Å². The number of hydrogen-bond acceptors (Lipinski definition) is 4. The molecule has 1 aliphatic rings. The van der Waals surface area contributed by atoms with Crippen LogP contribution in [0.4, 0.5) is 13.2 Å². The molecular formula is C20H18F3N3O. The van der Waals surface area contributed by atoms with E-state index in [9.17, 15) is 13.2 Å². The maximum absolute atomic E-state index is 12.7. The molecule has 4 rings (SSSR count). The summed E-state index contributed by atoms with van der Waals surface area (Å²) in [4.78, 5) is 0. The van der Waals surface area contributed by atoms with Gasteiger partial charge in [0.15, 0.2) is 0 Å². The van der Waals surface area contributed by atoms with E-state index in [4.69, 9.17) is 4.42 Å². The molecule has 0 bridgehead atoms. The Balaban J connectivity index is 1.58. The van der Waals surface area contributed by atoms with Crippen molar-refractivity contribution >= 4 is 0 Å². The van der Waals surface area contributed by atoms with E-state index in [2.05, 4.69) is 15.5 Å². The quantitative estimate of drug-likeness (QED) is 0.716. The third-order valence-corrected chi connectivity index (χ3v) is 4.72. The lowest BCUT2D eigenvalue weighted by Gasteiger charge is -2.09. The maximum atomic E-state index is 12.7. The molecule has 1 unspecified atom stereocenters. The summed E-state index contributed by atoms with van der Waals surface area (Å²) in [7, 11) is 0. The summed E-state index contributed by atoms with van der Waals surface area (Å²) < 4.78 is 44.1. The van der Waals surface area contributed by atoms with Crippen molar-refractivity contribution in [3.8, 4) is 11.5 Å². The minimum absolute atomic E-state index is 0.0910. The van der Waals surface area contributed by atoms with Gasteiger partial charge in [-0.3, -0.25) is 0 Å². The van der Waals surface area contributed by atoms with E-state index in [0.717, 1.165) is 48.2 Å². The number of aromatic nitrogens is 2. The Kier molecular flexibility index (Phi) is 4.70. The molecule has 3 aromatic rings. The molecule has 1 aliphatic heterocycles. The first-order valence-corrected chi connectivity index (χ1v) is 8.82. The van der Waals surface area contributed by atoms with E-state index in [1.807, 2.05) is 24.3 Å². The van der Waals surface area contributed by atoms with Gasteiger partial charge in [0, 0.05) is 5.56 Å². The molecule has 0 radical (unpaired) electrons. The van der Waals surface area contributed by atoms with Crippen molar-refractivity contribution < 1.29 is 17.6 Å². The first kappa shape index (κ1) is 17.7. The molecule has 4 nitrogen and oxygen atoms in total. The highest BCUT2D eigenvalue weighted by Crippen LogP contribution is 2.31.